The molecule has 1 unspecified atom stereocenters. The number of nitrogens with zero attached hydrogens (tertiary/aromatic N) is 3. The van der Waals surface area contributed by atoms with Crippen LogP contribution in [0.5, 0.6) is 5.88 Å². The van der Waals surface area contributed by atoms with E-state index in [1.807, 2.05) is 31.3 Å². The summed E-state index contributed by atoms with van der Waals surface area (Å²) in [5, 5.41) is 0. The molecule has 0 radical (unpaired) electrons. The van der Waals surface area contributed by atoms with Crippen molar-refractivity contribution in [2.75, 3.05) is 30.0 Å². The van der Waals surface area contributed by atoms with Crippen LogP contribution in [0.2, 0.25) is 0 Å². The molecule has 1 aliphatic heterocycles. The van der Waals surface area contributed by atoms with Crippen LogP contribution in [-0.2, 0) is 29.3 Å². The van der Waals surface area contributed by atoms with Crippen molar-refractivity contribution in [3.63, 3.8) is 0 Å². The Labute approximate surface area is 206 Å². The van der Waals surface area contributed by atoms with E-state index in [1.165, 1.54) is 23.4 Å². The molecule has 0 N–H and O–H groups in total. The Balaban J connectivity index is 1.27. The van der Waals surface area contributed by atoms with E-state index >= 15 is 0 Å². The Morgan fingerprint density at radius 1 is 1.11 bits per heavy atom. The van der Waals surface area contributed by atoms with Gasteiger partial charge in [-0.3, -0.25) is 0 Å². The molecule has 35 heavy (non-hydrogen) atoms. The van der Waals surface area contributed by atoms with Gasteiger partial charge in [-0.2, -0.15) is 0 Å². The third-order valence-corrected chi connectivity index (χ3v) is 7.89. The number of pyridine rings is 2. The van der Waals surface area contributed by atoms with Gasteiger partial charge in [-0.05, 0) is 66.6 Å². The van der Waals surface area contributed by atoms with Crippen molar-refractivity contribution >= 4 is 15.7 Å². The van der Waals surface area contributed by atoms with Gasteiger partial charge in [0.15, 0.2) is 0 Å². The van der Waals surface area contributed by atoms with Crippen molar-refractivity contribution in [2.45, 2.75) is 33.3 Å². The predicted molar refractivity (Wildman–Crippen MR) is 135 cm³/mol. The molecule has 3 aromatic rings. The number of aromatic nitrogens is 2. The van der Waals surface area contributed by atoms with E-state index in [1.54, 1.807) is 12.1 Å². The van der Waals surface area contributed by atoms with Gasteiger partial charge in [0.2, 0.25) is 5.88 Å². The average molecular weight is 496 g/mol. The predicted octanol–water partition coefficient (Wildman–Crippen LogP) is 4.39. The maximum Gasteiger partial charge on any atom is 0.213 e. The summed E-state index contributed by atoms with van der Waals surface area (Å²) in [6, 6.07) is 10.9. The largest absolute Gasteiger partial charge is 0.473 e. The second-order valence-electron chi connectivity index (χ2n) is 10.1. The van der Waals surface area contributed by atoms with Crippen LogP contribution in [0.25, 0.3) is 11.1 Å². The fourth-order valence-electron chi connectivity index (χ4n) is 5.10. The summed E-state index contributed by atoms with van der Waals surface area (Å²) in [6.45, 7) is 5.63. The van der Waals surface area contributed by atoms with Gasteiger partial charge in [-0.1, -0.05) is 13.0 Å². The first-order chi connectivity index (χ1) is 16.6. The van der Waals surface area contributed by atoms with E-state index < -0.39 is 9.84 Å². The molecule has 3 heterocycles. The zero-order valence-electron chi connectivity index (χ0n) is 20.3. The van der Waals surface area contributed by atoms with Crippen LogP contribution in [0.1, 0.15) is 29.3 Å². The Morgan fingerprint density at radius 2 is 1.89 bits per heavy atom. The number of anilines is 1. The smallest absolute Gasteiger partial charge is 0.213 e. The highest BCUT2D eigenvalue weighted by atomic mass is 32.2. The lowest BCUT2D eigenvalue weighted by Gasteiger charge is -2.40. The minimum Gasteiger partial charge on any atom is -0.473 e. The van der Waals surface area contributed by atoms with E-state index in [0.29, 0.717) is 30.5 Å². The van der Waals surface area contributed by atoms with Crippen molar-refractivity contribution in [3.8, 4) is 17.0 Å². The highest BCUT2D eigenvalue weighted by Gasteiger charge is 2.30. The number of ether oxygens (including phenoxy) is 1. The van der Waals surface area contributed by atoms with Crippen molar-refractivity contribution < 1.29 is 17.5 Å². The second-order valence-corrected chi connectivity index (χ2v) is 12.3. The minimum absolute atomic E-state index is 0.0983. The molecule has 0 amide bonds. The van der Waals surface area contributed by atoms with Crippen LogP contribution in [0.4, 0.5) is 10.2 Å². The van der Waals surface area contributed by atoms with Crippen molar-refractivity contribution in [2.24, 2.45) is 11.8 Å². The molecule has 6 nitrogen and oxygen atoms in total. The fraction of sp³-hybridized carbons (Fsp3) is 0.407. The minimum atomic E-state index is -2.97. The summed E-state index contributed by atoms with van der Waals surface area (Å²) >= 11 is 0. The maximum atomic E-state index is 14.6. The van der Waals surface area contributed by atoms with Gasteiger partial charge in [0.25, 0.3) is 0 Å². The number of fused-ring (bicyclic) bond motifs is 1. The molecule has 0 spiro atoms. The summed E-state index contributed by atoms with van der Waals surface area (Å²) in [6.07, 6.45) is 5.22. The number of benzene rings is 1. The SMILES string of the molecule is Cc1nc(N2CC(CS(C)(=O)=O)C2)ccc1-c1ccc(F)c(COc2cc3c(cn2)CC(C)C3)c1. The molecular formula is C27H30FN3O3S. The fourth-order valence-corrected chi connectivity index (χ4v) is 6.17. The lowest BCUT2D eigenvalue weighted by molar-refractivity contribution is 0.288. The van der Waals surface area contributed by atoms with Gasteiger partial charge >= 0.3 is 0 Å². The van der Waals surface area contributed by atoms with Crippen LogP contribution in [-0.4, -0.2) is 43.5 Å². The average Bonchev–Trinajstić information content (AvgIpc) is 3.14. The van der Waals surface area contributed by atoms with Crippen molar-refractivity contribution in [1.29, 1.82) is 0 Å². The molecule has 8 heteroatoms. The zero-order chi connectivity index (χ0) is 24.7. The van der Waals surface area contributed by atoms with Gasteiger partial charge in [0, 0.05) is 54.3 Å². The van der Waals surface area contributed by atoms with E-state index in [0.717, 1.165) is 35.5 Å². The first kappa shape index (κ1) is 23.7. The molecule has 5 rings (SSSR count). The number of hydrogen-bond acceptors (Lipinski definition) is 6. The Hall–Kier alpha value is -3.00. The lowest BCUT2D eigenvalue weighted by atomic mass is 10.00. The van der Waals surface area contributed by atoms with Gasteiger partial charge in [0.1, 0.15) is 28.1 Å². The summed E-state index contributed by atoms with van der Waals surface area (Å²) in [5.41, 5.74) is 5.63. The Morgan fingerprint density at radius 3 is 2.63 bits per heavy atom. The van der Waals surface area contributed by atoms with Crippen molar-refractivity contribution in [1.82, 2.24) is 9.97 Å². The normalized spacial score (nSPS) is 17.8. The Kier molecular flexibility index (Phi) is 6.25. The molecular weight excluding hydrogens is 465 g/mol. The monoisotopic (exact) mass is 495 g/mol. The number of halogens is 1. The molecule has 1 saturated heterocycles. The summed E-state index contributed by atoms with van der Waals surface area (Å²) in [7, 11) is -2.97. The molecule has 1 fully saturated rings. The third kappa shape index (κ3) is 5.32. The summed E-state index contributed by atoms with van der Waals surface area (Å²) < 4.78 is 43.4. The topological polar surface area (TPSA) is 72.4 Å². The van der Waals surface area contributed by atoms with Crippen LogP contribution >= 0.6 is 0 Å². The molecule has 1 aliphatic carbocycles. The summed E-state index contributed by atoms with van der Waals surface area (Å²) in [5.74, 6) is 2.01. The number of rotatable bonds is 7. The highest BCUT2D eigenvalue weighted by molar-refractivity contribution is 7.90. The van der Waals surface area contributed by atoms with Gasteiger partial charge in [-0.25, -0.2) is 22.8 Å². The van der Waals surface area contributed by atoms with Crippen molar-refractivity contribution in [3.05, 3.63) is 70.8 Å². The lowest BCUT2D eigenvalue weighted by Crippen LogP contribution is -2.49. The van der Waals surface area contributed by atoms with Crippen LogP contribution in [0.15, 0.2) is 42.6 Å². The van der Waals surface area contributed by atoms with E-state index in [-0.39, 0.29) is 24.1 Å². The van der Waals surface area contributed by atoms with Crippen LogP contribution in [0, 0.1) is 24.6 Å². The first-order valence-electron chi connectivity index (χ1n) is 11.9. The molecule has 2 aromatic heterocycles. The van der Waals surface area contributed by atoms with Crippen LogP contribution in [0.3, 0.4) is 0 Å². The Bertz CT molecular complexity index is 1370. The van der Waals surface area contributed by atoms with E-state index in [2.05, 4.69) is 16.8 Å². The molecule has 0 bridgehead atoms. The maximum absolute atomic E-state index is 14.6. The number of sulfone groups is 1. The zero-order valence-corrected chi connectivity index (χ0v) is 21.1. The second kappa shape index (κ2) is 9.22. The number of hydrogen-bond donors (Lipinski definition) is 0. The molecule has 1 atom stereocenters. The van der Waals surface area contributed by atoms with Gasteiger partial charge in [0.05, 0.1) is 5.75 Å². The van der Waals surface area contributed by atoms with Gasteiger partial charge < -0.3 is 9.64 Å². The molecule has 0 saturated carbocycles. The first-order valence-corrected chi connectivity index (χ1v) is 14.0. The molecule has 2 aliphatic rings. The molecule has 1 aromatic carbocycles. The van der Waals surface area contributed by atoms with Crippen LogP contribution < -0.4 is 9.64 Å². The third-order valence-electron chi connectivity index (χ3n) is 6.82. The van der Waals surface area contributed by atoms with Gasteiger partial charge in [-0.15, -0.1) is 0 Å². The van der Waals surface area contributed by atoms with E-state index in [9.17, 15) is 12.8 Å². The highest BCUT2D eigenvalue weighted by Crippen LogP contribution is 2.31. The van der Waals surface area contributed by atoms with E-state index in [4.69, 9.17) is 9.72 Å². The summed E-state index contributed by atoms with van der Waals surface area (Å²) in [4.78, 5) is 11.2. The quantitative estimate of drug-likeness (QED) is 0.484. The standard InChI is InChI=1S/C27H30FN3O3S/c1-17-8-21-11-27(29-12-22(21)9-17)34-15-23-10-20(4-6-25(23)28)24-5-7-26(30-18(24)2)31-13-19(14-31)16-35(3,32)33/h4-7,10-12,17,19H,8-9,13-16H2,1-3H3. The molecule has 184 valence electrons. The number of aryl methyl sites for hydroxylation is 1.